The van der Waals surface area contributed by atoms with Crippen LogP contribution in [0.5, 0.6) is 0 Å². The van der Waals surface area contributed by atoms with Gasteiger partial charge in [0.05, 0.1) is 4.90 Å². The predicted octanol–water partition coefficient (Wildman–Crippen LogP) is 2.42. The number of nitrogens with zero attached hydrogens (tertiary/aromatic N) is 1. The van der Waals surface area contributed by atoms with Crippen molar-refractivity contribution in [3.8, 4) is 0 Å². The zero-order valence-electron chi connectivity index (χ0n) is 10.4. The maximum Gasteiger partial charge on any atom is 0.263 e. The first-order valence-electron chi connectivity index (χ1n) is 5.53. The van der Waals surface area contributed by atoms with Gasteiger partial charge in [0, 0.05) is 16.2 Å². The van der Waals surface area contributed by atoms with Crippen molar-refractivity contribution in [2.24, 2.45) is 5.73 Å². The Bertz CT molecular complexity index is 795. The molecule has 0 aliphatic heterocycles. The lowest BCUT2D eigenvalue weighted by Gasteiger charge is -2.09. The van der Waals surface area contributed by atoms with Crippen molar-refractivity contribution in [1.29, 1.82) is 0 Å². The molecule has 1 aromatic carbocycles. The molecule has 2 aromatic rings. The van der Waals surface area contributed by atoms with Gasteiger partial charge >= 0.3 is 0 Å². The molecule has 0 fully saturated rings. The summed E-state index contributed by atoms with van der Waals surface area (Å²) >= 11 is 7.87. The van der Waals surface area contributed by atoms with Gasteiger partial charge in [-0.2, -0.15) is 0 Å². The van der Waals surface area contributed by atoms with Crippen molar-refractivity contribution in [3.05, 3.63) is 52.4 Å². The van der Waals surface area contributed by atoms with Crippen molar-refractivity contribution in [1.82, 2.24) is 4.98 Å². The first-order valence-corrected chi connectivity index (χ1v) is 8.22. The Hall–Kier alpha value is -1.58. The largest absolute Gasteiger partial charge is 0.389 e. The molecule has 0 bridgehead atoms. The van der Waals surface area contributed by atoms with Crippen LogP contribution in [0.3, 0.4) is 0 Å². The van der Waals surface area contributed by atoms with Crippen LogP contribution in [0.2, 0.25) is 0 Å². The smallest absolute Gasteiger partial charge is 0.263 e. The molecule has 1 aromatic heterocycles. The highest BCUT2D eigenvalue weighted by molar-refractivity contribution is 9.10. The zero-order valence-corrected chi connectivity index (χ0v) is 13.6. The first-order chi connectivity index (χ1) is 9.79. The number of benzene rings is 1. The number of thiocarbonyl (C=S) groups is 1. The quantitative estimate of drug-likeness (QED) is 0.784. The van der Waals surface area contributed by atoms with Gasteiger partial charge in [-0.05, 0) is 46.3 Å². The highest BCUT2D eigenvalue weighted by Gasteiger charge is 2.17. The topological polar surface area (TPSA) is 85.1 Å². The lowest BCUT2D eigenvalue weighted by molar-refractivity contribution is 0.599. The number of hydrogen-bond acceptors (Lipinski definition) is 4. The second-order valence-corrected chi connectivity index (χ2v) is 7.01. The van der Waals surface area contributed by atoms with Gasteiger partial charge in [-0.15, -0.1) is 0 Å². The van der Waals surface area contributed by atoms with Gasteiger partial charge in [-0.1, -0.05) is 12.2 Å². The molecule has 110 valence electrons. The lowest BCUT2D eigenvalue weighted by atomic mass is 10.2. The Morgan fingerprint density at radius 2 is 2.05 bits per heavy atom. The third-order valence-electron chi connectivity index (χ3n) is 2.48. The molecule has 0 aliphatic carbocycles. The van der Waals surface area contributed by atoms with Crippen molar-refractivity contribution >= 4 is 49.0 Å². The molecule has 1 heterocycles. The van der Waals surface area contributed by atoms with Crippen LogP contribution in [0, 0.1) is 5.82 Å². The van der Waals surface area contributed by atoms with E-state index in [9.17, 15) is 12.8 Å². The van der Waals surface area contributed by atoms with Gasteiger partial charge in [-0.25, -0.2) is 17.8 Å². The number of halogens is 2. The van der Waals surface area contributed by atoms with Crippen LogP contribution in [0.25, 0.3) is 0 Å². The number of anilines is 1. The van der Waals surface area contributed by atoms with Crippen molar-refractivity contribution in [2.45, 2.75) is 4.90 Å². The van der Waals surface area contributed by atoms with Gasteiger partial charge in [-0.3, -0.25) is 4.72 Å². The van der Waals surface area contributed by atoms with E-state index in [-0.39, 0.29) is 21.3 Å². The number of aromatic nitrogens is 1. The zero-order chi connectivity index (χ0) is 15.6. The Morgan fingerprint density at radius 3 is 2.62 bits per heavy atom. The molecule has 0 atom stereocenters. The summed E-state index contributed by atoms with van der Waals surface area (Å²) in [6.07, 6.45) is 1.45. The number of nitrogens with two attached hydrogens (primary N) is 1. The van der Waals surface area contributed by atoms with E-state index in [4.69, 9.17) is 5.73 Å². The number of hydrogen-bond donors (Lipinski definition) is 2. The Balaban J connectivity index is 2.38. The number of rotatable bonds is 4. The second-order valence-electron chi connectivity index (χ2n) is 3.97. The summed E-state index contributed by atoms with van der Waals surface area (Å²) in [4.78, 5) is 3.53. The predicted molar refractivity (Wildman–Crippen MR) is 85.0 cm³/mol. The highest BCUT2D eigenvalue weighted by Crippen LogP contribution is 2.19. The summed E-state index contributed by atoms with van der Waals surface area (Å²) in [5.74, 6) is -0.539. The summed E-state index contributed by atoms with van der Waals surface area (Å²) in [6.45, 7) is 0. The van der Waals surface area contributed by atoms with Gasteiger partial charge in [0.2, 0.25) is 0 Å². The average molecular weight is 390 g/mol. The molecular formula is C12H9BrFN3O2S2. The van der Waals surface area contributed by atoms with Crippen LogP contribution in [0.15, 0.2) is 45.9 Å². The average Bonchev–Trinajstić information content (AvgIpc) is 2.41. The number of sulfonamides is 1. The van der Waals surface area contributed by atoms with E-state index in [2.05, 4.69) is 37.9 Å². The minimum absolute atomic E-state index is 0.128. The molecule has 9 heteroatoms. The van der Waals surface area contributed by atoms with Crippen LogP contribution in [0.1, 0.15) is 5.56 Å². The fourth-order valence-corrected chi connectivity index (χ4v) is 2.92. The number of nitrogens with one attached hydrogen (secondary N) is 1. The van der Waals surface area contributed by atoms with Crippen LogP contribution in [0.4, 0.5) is 10.2 Å². The Morgan fingerprint density at radius 1 is 1.33 bits per heavy atom. The highest BCUT2D eigenvalue weighted by atomic mass is 79.9. The van der Waals surface area contributed by atoms with E-state index in [1.165, 1.54) is 12.3 Å². The van der Waals surface area contributed by atoms with E-state index < -0.39 is 15.8 Å². The molecule has 0 saturated carbocycles. The molecule has 0 unspecified atom stereocenters. The number of pyridine rings is 1. The van der Waals surface area contributed by atoms with Crippen molar-refractivity contribution < 1.29 is 12.8 Å². The minimum atomic E-state index is -3.91. The third-order valence-corrected chi connectivity index (χ3v) is 4.52. The van der Waals surface area contributed by atoms with Crippen LogP contribution < -0.4 is 10.5 Å². The fraction of sp³-hybridized carbons (Fsp3) is 0. The first kappa shape index (κ1) is 15.8. The van der Waals surface area contributed by atoms with E-state index in [1.54, 1.807) is 6.07 Å². The molecule has 21 heavy (non-hydrogen) atoms. The van der Waals surface area contributed by atoms with Crippen molar-refractivity contribution in [2.75, 3.05) is 4.72 Å². The van der Waals surface area contributed by atoms with E-state index in [0.717, 1.165) is 18.2 Å². The van der Waals surface area contributed by atoms with Gasteiger partial charge in [0.15, 0.2) is 0 Å². The van der Waals surface area contributed by atoms with Gasteiger partial charge < -0.3 is 5.73 Å². The summed E-state index contributed by atoms with van der Waals surface area (Å²) in [7, 11) is -3.91. The summed E-state index contributed by atoms with van der Waals surface area (Å²) < 4.78 is 40.9. The monoisotopic (exact) mass is 389 g/mol. The van der Waals surface area contributed by atoms with Crippen LogP contribution in [-0.2, 0) is 10.0 Å². The van der Waals surface area contributed by atoms with Gasteiger partial charge in [0.1, 0.15) is 16.6 Å². The molecular weight excluding hydrogens is 381 g/mol. The molecule has 0 amide bonds. The van der Waals surface area contributed by atoms with Crippen LogP contribution in [-0.4, -0.2) is 18.4 Å². The molecule has 0 aliphatic rings. The summed E-state index contributed by atoms with van der Waals surface area (Å²) in [6, 6.07) is 6.32. The van der Waals surface area contributed by atoms with Crippen LogP contribution >= 0.6 is 28.1 Å². The molecule has 5 nitrogen and oxygen atoms in total. The lowest BCUT2D eigenvalue weighted by Crippen LogP contribution is -2.17. The molecule has 3 N–H and O–H groups in total. The Labute approximate surface area is 134 Å². The molecule has 0 saturated heterocycles. The summed E-state index contributed by atoms with van der Waals surface area (Å²) in [5.41, 5.74) is 5.23. The normalized spacial score (nSPS) is 11.1. The second kappa shape index (κ2) is 6.04. The minimum Gasteiger partial charge on any atom is -0.389 e. The Kier molecular flexibility index (Phi) is 4.55. The van der Waals surface area contributed by atoms with E-state index in [1.807, 2.05) is 0 Å². The maximum absolute atomic E-state index is 13.5. The summed E-state index contributed by atoms with van der Waals surface area (Å²) in [5, 5.41) is 0. The van der Waals surface area contributed by atoms with Gasteiger partial charge in [0.25, 0.3) is 10.0 Å². The van der Waals surface area contributed by atoms with E-state index >= 15 is 0 Å². The van der Waals surface area contributed by atoms with Crippen molar-refractivity contribution in [3.63, 3.8) is 0 Å². The molecule has 0 radical (unpaired) electrons. The van der Waals surface area contributed by atoms with E-state index in [0.29, 0.717) is 4.47 Å². The standard InChI is InChI=1S/C12H9BrFN3O2S2/c13-7-1-4-11(16-6-7)17-21(18,19)8-2-3-10(14)9(5-8)12(15)20/h1-6H,(H2,15,20)(H,16,17). The fourth-order valence-electron chi connectivity index (χ4n) is 1.49. The third kappa shape index (κ3) is 3.74. The molecule has 0 spiro atoms. The molecule has 2 rings (SSSR count). The SMILES string of the molecule is NC(=S)c1cc(S(=O)(=O)Nc2ccc(Br)cn2)ccc1F. The maximum atomic E-state index is 13.5.